The molecule has 1 N–H and O–H groups in total. The molecule has 0 unspecified atom stereocenters. The van der Waals surface area contributed by atoms with Crippen LogP contribution in [0.3, 0.4) is 0 Å². The van der Waals surface area contributed by atoms with E-state index in [-0.39, 0.29) is 10.7 Å². The van der Waals surface area contributed by atoms with Gasteiger partial charge in [0.1, 0.15) is 5.02 Å². The van der Waals surface area contributed by atoms with Crippen LogP contribution in [0.4, 0.5) is 11.4 Å². The van der Waals surface area contributed by atoms with Gasteiger partial charge < -0.3 is 5.32 Å². The number of aryl methyl sites for hydroxylation is 1. The third-order valence-corrected chi connectivity index (χ3v) is 2.95. The molecule has 1 aromatic heterocycles. The highest BCUT2D eigenvalue weighted by Crippen LogP contribution is 2.27. The zero-order valence-electron chi connectivity index (χ0n) is 10.3. The molecule has 0 saturated carbocycles. The van der Waals surface area contributed by atoms with Crippen molar-refractivity contribution in [3.05, 3.63) is 51.3 Å². The fourth-order valence-corrected chi connectivity index (χ4v) is 1.89. The molecule has 0 aliphatic carbocycles. The maximum atomic E-state index is 10.6. The first-order valence-electron chi connectivity index (χ1n) is 5.79. The lowest BCUT2D eigenvalue weighted by Crippen LogP contribution is -1.99. The number of nitro groups is 1. The van der Waals surface area contributed by atoms with Crippen LogP contribution in [0.25, 0.3) is 0 Å². The van der Waals surface area contributed by atoms with E-state index in [0.717, 1.165) is 17.8 Å². The summed E-state index contributed by atoms with van der Waals surface area (Å²) in [5, 5.41) is 18.1. The fraction of sp³-hybridized carbons (Fsp3) is 0.250. The van der Waals surface area contributed by atoms with E-state index in [9.17, 15) is 10.1 Å². The van der Waals surface area contributed by atoms with Gasteiger partial charge in [-0.3, -0.25) is 14.8 Å². The van der Waals surface area contributed by atoms with Crippen molar-refractivity contribution < 1.29 is 4.92 Å². The van der Waals surface area contributed by atoms with Crippen molar-refractivity contribution in [2.45, 2.75) is 20.0 Å². The second kappa shape index (κ2) is 5.71. The van der Waals surface area contributed by atoms with Crippen molar-refractivity contribution in [3.63, 3.8) is 0 Å². The van der Waals surface area contributed by atoms with E-state index in [4.69, 9.17) is 11.6 Å². The average molecular weight is 281 g/mol. The van der Waals surface area contributed by atoms with E-state index in [2.05, 4.69) is 10.4 Å². The van der Waals surface area contributed by atoms with Crippen LogP contribution >= 0.6 is 11.6 Å². The molecule has 0 radical (unpaired) electrons. The first-order valence-corrected chi connectivity index (χ1v) is 6.17. The lowest BCUT2D eigenvalue weighted by molar-refractivity contribution is -0.384. The summed E-state index contributed by atoms with van der Waals surface area (Å²) in [6.07, 6.45) is 3.73. The summed E-state index contributed by atoms with van der Waals surface area (Å²) in [4.78, 5) is 10.1. The zero-order valence-corrected chi connectivity index (χ0v) is 11.1. The highest BCUT2D eigenvalue weighted by Gasteiger charge is 2.11. The Balaban J connectivity index is 2.03. The number of hydrogen-bond donors (Lipinski definition) is 1. The van der Waals surface area contributed by atoms with Gasteiger partial charge in [0.05, 0.1) is 11.1 Å². The topological polar surface area (TPSA) is 73.0 Å². The van der Waals surface area contributed by atoms with E-state index in [0.29, 0.717) is 6.54 Å². The van der Waals surface area contributed by atoms with Crippen LogP contribution in [0.5, 0.6) is 0 Å². The number of nitro benzene ring substituents is 1. The summed E-state index contributed by atoms with van der Waals surface area (Å²) in [5.74, 6) is 0. The Morgan fingerprint density at radius 3 is 2.89 bits per heavy atom. The third kappa shape index (κ3) is 3.23. The largest absolute Gasteiger partial charge is 0.381 e. The molecule has 19 heavy (non-hydrogen) atoms. The molecule has 2 rings (SSSR count). The lowest BCUT2D eigenvalue weighted by atomic mass is 10.2. The average Bonchev–Trinajstić information content (AvgIpc) is 2.84. The van der Waals surface area contributed by atoms with E-state index < -0.39 is 4.92 Å². The van der Waals surface area contributed by atoms with Gasteiger partial charge >= 0.3 is 0 Å². The van der Waals surface area contributed by atoms with Crippen molar-refractivity contribution in [1.82, 2.24) is 9.78 Å². The smallest absolute Gasteiger partial charge is 0.288 e. The van der Waals surface area contributed by atoms with E-state index in [1.165, 1.54) is 6.07 Å². The predicted octanol–water partition coefficient (Wildman–Crippen LogP) is 3.08. The van der Waals surface area contributed by atoms with Crippen LogP contribution in [0, 0.1) is 10.1 Å². The maximum absolute atomic E-state index is 10.6. The Morgan fingerprint density at radius 1 is 1.53 bits per heavy atom. The molecule has 1 aromatic carbocycles. The van der Waals surface area contributed by atoms with Crippen LogP contribution in [0.2, 0.25) is 5.02 Å². The Hall–Kier alpha value is -2.08. The van der Waals surface area contributed by atoms with Gasteiger partial charge in [-0.2, -0.15) is 5.10 Å². The molecular weight excluding hydrogens is 268 g/mol. The second-order valence-electron chi connectivity index (χ2n) is 3.98. The molecule has 0 fully saturated rings. The van der Waals surface area contributed by atoms with Gasteiger partial charge in [0, 0.05) is 36.6 Å². The number of rotatable bonds is 5. The zero-order chi connectivity index (χ0) is 13.8. The summed E-state index contributed by atoms with van der Waals surface area (Å²) in [7, 11) is 0. The van der Waals surface area contributed by atoms with E-state index in [1.54, 1.807) is 18.3 Å². The first kappa shape index (κ1) is 13.4. The normalized spacial score (nSPS) is 10.4. The molecule has 0 saturated heterocycles. The molecule has 6 nitrogen and oxygen atoms in total. The minimum atomic E-state index is -0.503. The summed E-state index contributed by atoms with van der Waals surface area (Å²) in [5.41, 5.74) is 1.68. The van der Waals surface area contributed by atoms with Crippen LogP contribution in [0.15, 0.2) is 30.6 Å². The monoisotopic (exact) mass is 280 g/mol. The standard InChI is InChI=1S/C12H13ClN4O2/c1-2-16-8-9(7-15-16)6-14-10-3-4-12(17(18)19)11(13)5-10/h3-5,7-8,14H,2,6H2,1H3. The Bertz CT molecular complexity index is 597. The number of hydrogen-bond acceptors (Lipinski definition) is 4. The van der Waals surface area contributed by atoms with Crippen LogP contribution < -0.4 is 5.32 Å². The predicted molar refractivity (Wildman–Crippen MR) is 73.3 cm³/mol. The van der Waals surface area contributed by atoms with E-state index in [1.807, 2.05) is 17.8 Å². The SMILES string of the molecule is CCn1cc(CNc2ccc([N+](=O)[O-])c(Cl)c2)cn1. The quantitative estimate of drug-likeness (QED) is 0.675. The van der Waals surface area contributed by atoms with Crippen LogP contribution in [0.1, 0.15) is 12.5 Å². The second-order valence-corrected chi connectivity index (χ2v) is 4.39. The highest BCUT2D eigenvalue weighted by molar-refractivity contribution is 6.32. The van der Waals surface area contributed by atoms with Crippen molar-refractivity contribution in [3.8, 4) is 0 Å². The number of anilines is 1. The number of halogens is 1. The molecule has 7 heteroatoms. The molecule has 100 valence electrons. The Morgan fingerprint density at radius 2 is 2.32 bits per heavy atom. The minimum Gasteiger partial charge on any atom is -0.381 e. The Labute approximate surface area is 115 Å². The number of nitrogens with zero attached hydrogens (tertiary/aromatic N) is 3. The Kier molecular flexibility index (Phi) is 4.01. The first-order chi connectivity index (χ1) is 9.10. The van der Waals surface area contributed by atoms with Gasteiger partial charge in [-0.1, -0.05) is 11.6 Å². The molecule has 0 aliphatic heterocycles. The van der Waals surface area contributed by atoms with Gasteiger partial charge in [-0.05, 0) is 19.1 Å². The van der Waals surface area contributed by atoms with Gasteiger partial charge in [0.25, 0.3) is 5.69 Å². The number of aromatic nitrogens is 2. The summed E-state index contributed by atoms with van der Waals surface area (Å²) < 4.78 is 1.83. The maximum Gasteiger partial charge on any atom is 0.288 e. The van der Waals surface area contributed by atoms with Crippen molar-refractivity contribution in [1.29, 1.82) is 0 Å². The molecule has 0 bridgehead atoms. The van der Waals surface area contributed by atoms with E-state index >= 15 is 0 Å². The molecule has 0 amide bonds. The van der Waals surface area contributed by atoms with Crippen molar-refractivity contribution in [2.24, 2.45) is 0 Å². The number of benzene rings is 1. The molecule has 2 aromatic rings. The lowest BCUT2D eigenvalue weighted by Gasteiger charge is -2.05. The van der Waals surface area contributed by atoms with Gasteiger partial charge in [0.15, 0.2) is 0 Å². The molecule has 0 atom stereocenters. The van der Waals surface area contributed by atoms with Crippen molar-refractivity contribution in [2.75, 3.05) is 5.32 Å². The van der Waals surface area contributed by atoms with Crippen LogP contribution in [-0.4, -0.2) is 14.7 Å². The summed E-state index contributed by atoms with van der Waals surface area (Å²) >= 11 is 5.83. The number of nitrogens with one attached hydrogen (secondary N) is 1. The van der Waals surface area contributed by atoms with Gasteiger partial charge in [0.2, 0.25) is 0 Å². The molecule has 0 spiro atoms. The van der Waals surface area contributed by atoms with Gasteiger partial charge in [-0.15, -0.1) is 0 Å². The van der Waals surface area contributed by atoms with Gasteiger partial charge in [-0.25, -0.2) is 0 Å². The third-order valence-electron chi connectivity index (χ3n) is 2.65. The van der Waals surface area contributed by atoms with Crippen LogP contribution in [-0.2, 0) is 13.1 Å². The minimum absolute atomic E-state index is 0.0916. The molecule has 1 heterocycles. The molecule has 0 aliphatic rings. The fourth-order valence-electron chi connectivity index (χ4n) is 1.64. The summed E-state index contributed by atoms with van der Waals surface area (Å²) in [6.45, 7) is 3.43. The summed E-state index contributed by atoms with van der Waals surface area (Å²) in [6, 6.07) is 4.57. The highest BCUT2D eigenvalue weighted by atomic mass is 35.5. The van der Waals surface area contributed by atoms with Crippen molar-refractivity contribution >= 4 is 23.0 Å². The molecular formula is C12H13ClN4O2.